The summed E-state index contributed by atoms with van der Waals surface area (Å²) in [6.07, 6.45) is 4.95. The highest BCUT2D eigenvalue weighted by molar-refractivity contribution is 5.96. The lowest BCUT2D eigenvalue weighted by molar-refractivity contribution is -0.121. The number of hydrogen-bond acceptors (Lipinski definition) is 4. The van der Waals surface area contributed by atoms with E-state index in [-0.39, 0.29) is 23.8 Å². The van der Waals surface area contributed by atoms with Gasteiger partial charge in [-0.15, -0.1) is 0 Å². The minimum absolute atomic E-state index is 0.0151. The van der Waals surface area contributed by atoms with Crippen molar-refractivity contribution in [3.8, 4) is 5.75 Å². The van der Waals surface area contributed by atoms with Gasteiger partial charge in [0.25, 0.3) is 5.91 Å². The minimum atomic E-state index is -0.243. The number of nitrogens with one attached hydrogen (secondary N) is 1. The molecule has 32 heavy (non-hydrogen) atoms. The van der Waals surface area contributed by atoms with E-state index in [0.717, 1.165) is 44.3 Å². The molecule has 0 bridgehead atoms. The van der Waals surface area contributed by atoms with Crippen LogP contribution >= 0.6 is 0 Å². The second-order valence-corrected chi connectivity index (χ2v) is 8.74. The number of hydrogen-bond donors (Lipinski definition) is 1. The Labute approximate surface area is 189 Å². The van der Waals surface area contributed by atoms with Gasteiger partial charge in [0.05, 0.1) is 17.7 Å². The van der Waals surface area contributed by atoms with Crippen LogP contribution in [-0.4, -0.2) is 49.1 Å². The smallest absolute Gasteiger partial charge is 0.253 e. The Morgan fingerprint density at radius 2 is 1.88 bits per heavy atom. The van der Waals surface area contributed by atoms with E-state index in [2.05, 4.69) is 5.32 Å². The van der Waals surface area contributed by atoms with Gasteiger partial charge in [-0.05, 0) is 63.3 Å². The van der Waals surface area contributed by atoms with Gasteiger partial charge in [0.15, 0.2) is 0 Å². The summed E-state index contributed by atoms with van der Waals surface area (Å²) in [7, 11) is 0. The lowest BCUT2D eigenvalue weighted by Gasteiger charge is -2.32. The second-order valence-electron chi connectivity index (χ2n) is 8.74. The quantitative estimate of drug-likeness (QED) is 0.727. The van der Waals surface area contributed by atoms with Crippen molar-refractivity contribution >= 4 is 17.5 Å². The van der Waals surface area contributed by atoms with Gasteiger partial charge < -0.3 is 19.7 Å². The molecule has 2 fully saturated rings. The number of piperidine rings is 1. The number of para-hydroxylation sites is 2. The highest BCUT2D eigenvalue weighted by Crippen LogP contribution is 2.27. The number of likely N-dealkylation sites (tertiary alicyclic amines) is 1. The van der Waals surface area contributed by atoms with Crippen LogP contribution in [-0.2, 0) is 9.53 Å². The van der Waals surface area contributed by atoms with Gasteiger partial charge in [-0.25, -0.2) is 0 Å². The van der Waals surface area contributed by atoms with Gasteiger partial charge in [0.1, 0.15) is 12.4 Å². The monoisotopic (exact) mass is 436 g/mol. The number of carbonyl (C=O) groups excluding carboxylic acids is 2. The second kappa shape index (κ2) is 10.6. The molecule has 6 heteroatoms. The maximum Gasteiger partial charge on any atom is 0.253 e. The number of carbonyl (C=O) groups is 2. The highest BCUT2D eigenvalue weighted by Gasteiger charge is 2.29. The molecule has 6 nitrogen and oxygen atoms in total. The van der Waals surface area contributed by atoms with Crippen molar-refractivity contribution in [3.63, 3.8) is 0 Å². The van der Waals surface area contributed by atoms with Crippen molar-refractivity contribution in [3.05, 3.63) is 59.7 Å². The van der Waals surface area contributed by atoms with Crippen LogP contribution in [0.25, 0.3) is 0 Å². The van der Waals surface area contributed by atoms with Crippen LogP contribution in [0.5, 0.6) is 5.75 Å². The van der Waals surface area contributed by atoms with Crippen LogP contribution in [0.15, 0.2) is 48.5 Å². The van der Waals surface area contributed by atoms with Crippen LogP contribution in [0.4, 0.5) is 5.69 Å². The van der Waals surface area contributed by atoms with Gasteiger partial charge in [-0.3, -0.25) is 9.59 Å². The summed E-state index contributed by atoms with van der Waals surface area (Å²) in [5.41, 5.74) is 2.45. The van der Waals surface area contributed by atoms with Crippen LogP contribution in [0.1, 0.15) is 48.0 Å². The number of amides is 2. The van der Waals surface area contributed by atoms with E-state index in [1.165, 1.54) is 0 Å². The Bertz CT molecular complexity index is 922. The van der Waals surface area contributed by atoms with Gasteiger partial charge in [0, 0.05) is 25.3 Å². The maximum absolute atomic E-state index is 13.0. The SMILES string of the molecule is Cc1ccc(C(=O)N2CCCC(C(=O)Nc3ccccc3OCC3CCCCO3)C2)cc1. The molecule has 2 aromatic rings. The van der Waals surface area contributed by atoms with Crippen molar-refractivity contribution in [1.29, 1.82) is 0 Å². The fraction of sp³-hybridized carbons (Fsp3) is 0.462. The first kappa shape index (κ1) is 22.3. The Balaban J connectivity index is 1.36. The van der Waals surface area contributed by atoms with Gasteiger partial charge in [-0.2, -0.15) is 0 Å². The summed E-state index contributed by atoms with van der Waals surface area (Å²) in [5.74, 6) is 0.321. The molecule has 1 N–H and O–H groups in total. The third-order valence-electron chi connectivity index (χ3n) is 6.22. The fourth-order valence-corrected chi connectivity index (χ4v) is 4.31. The van der Waals surface area contributed by atoms with Crippen LogP contribution in [0.3, 0.4) is 0 Å². The van der Waals surface area contributed by atoms with Crippen molar-refractivity contribution < 1.29 is 19.1 Å². The van der Waals surface area contributed by atoms with Crippen molar-refractivity contribution in [2.24, 2.45) is 5.92 Å². The van der Waals surface area contributed by atoms with Crippen molar-refractivity contribution in [2.45, 2.75) is 45.1 Å². The molecule has 0 spiro atoms. The zero-order valence-corrected chi connectivity index (χ0v) is 18.7. The average Bonchev–Trinajstić information content (AvgIpc) is 2.84. The van der Waals surface area contributed by atoms with Gasteiger partial charge in [0.2, 0.25) is 5.91 Å². The van der Waals surface area contributed by atoms with Gasteiger partial charge >= 0.3 is 0 Å². The van der Waals surface area contributed by atoms with Crippen LogP contribution in [0, 0.1) is 12.8 Å². The molecule has 0 aliphatic carbocycles. The molecule has 4 rings (SSSR count). The first-order valence-corrected chi connectivity index (χ1v) is 11.6. The molecule has 2 amide bonds. The first-order valence-electron chi connectivity index (χ1n) is 11.6. The summed E-state index contributed by atoms with van der Waals surface area (Å²) in [6, 6.07) is 15.1. The zero-order chi connectivity index (χ0) is 22.3. The van der Waals surface area contributed by atoms with E-state index in [1.807, 2.05) is 55.5 Å². The molecule has 2 unspecified atom stereocenters. The van der Waals surface area contributed by atoms with Crippen LogP contribution < -0.4 is 10.1 Å². The van der Waals surface area contributed by atoms with E-state index in [4.69, 9.17) is 9.47 Å². The number of rotatable bonds is 6. The molecular formula is C26H32N2O4. The van der Waals surface area contributed by atoms with E-state index >= 15 is 0 Å². The molecule has 0 radical (unpaired) electrons. The molecular weight excluding hydrogens is 404 g/mol. The van der Waals surface area contributed by atoms with E-state index in [9.17, 15) is 9.59 Å². The Kier molecular flexibility index (Phi) is 7.43. The Morgan fingerprint density at radius 1 is 1.06 bits per heavy atom. The number of ether oxygens (including phenoxy) is 2. The molecule has 0 saturated carbocycles. The van der Waals surface area contributed by atoms with Crippen LogP contribution in [0.2, 0.25) is 0 Å². The number of nitrogens with zero attached hydrogens (tertiary/aromatic N) is 1. The standard InChI is InChI=1S/C26H32N2O4/c1-19-11-13-20(14-12-19)26(30)28-15-6-7-21(17-28)25(29)27-23-9-2-3-10-24(23)32-18-22-8-4-5-16-31-22/h2-3,9-14,21-22H,4-8,15-18H2,1H3,(H,27,29). The summed E-state index contributed by atoms with van der Waals surface area (Å²) in [5, 5.41) is 3.03. The molecule has 0 aromatic heterocycles. The predicted octanol–water partition coefficient (Wildman–Crippen LogP) is 4.43. The number of benzene rings is 2. The molecule has 2 saturated heterocycles. The van der Waals surface area contributed by atoms with E-state index in [1.54, 1.807) is 4.90 Å². The Morgan fingerprint density at radius 3 is 2.66 bits per heavy atom. The fourth-order valence-electron chi connectivity index (χ4n) is 4.31. The summed E-state index contributed by atoms with van der Waals surface area (Å²) in [6.45, 7) is 4.37. The minimum Gasteiger partial charge on any atom is -0.489 e. The van der Waals surface area contributed by atoms with E-state index < -0.39 is 0 Å². The topological polar surface area (TPSA) is 67.9 Å². The van der Waals surface area contributed by atoms with Gasteiger partial charge in [-0.1, -0.05) is 29.8 Å². The maximum atomic E-state index is 13.0. The molecule has 2 heterocycles. The largest absolute Gasteiger partial charge is 0.489 e. The summed E-state index contributed by atoms with van der Waals surface area (Å²) >= 11 is 0. The Hall–Kier alpha value is -2.86. The third-order valence-corrected chi connectivity index (χ3v) is 6.22. The molecule has 2 aliphatic rings. The summed E-state index contributed by atoms with van der Waals surface area (Å²) in [4.78, 5) is 27.7. The van der Waals surface area contributed by atoms with Crippen molar-refractivity contribution in [2.75, 3.05) is 31.6 Å². The number of aryl methyl sites for hydroxylation is 1. The van der Waals surface area contributed by atoms with E-state index in [0.29, 0.717) is 36.7 Å². The lowest BCUT2D eigenvalue weighted by Crippen LogP contribution is -2.43. The highest BCUT2D eigenvalue weighted by atomic mass is 16.5. The number of anilines is 1. The molecule has 2 aromatic carbocycles. The third kappa shape index (κ3) is 5.68. The zero-order valence-electron chi connectivity index (χ0n) is 18.7. The normalized spacial score (nSPS) is 21.1. The first-order chi connectivity index (χ1) is 15.6. The molecule has 2 atom stereocenters. The predicted molar refractivity (Wildman–Crippen MR) is 124 cm³/mol. The summed E-state index contributed by atoms with van der Waals surface area (Å²) < 4.78 is 11.7. The molecule has 2 aliphatic heterocycles. The lowest BCUT2D eigenvalue weighted by atomic mass is 9.96. The average molecular weight is 437 g/mol. The van der Waals surface area contributed by atoms with Crippen molar-refractivity contribution in [1.82, 2.24) is 4.90 Å². The molecule has 170 valence electrons.